The zero-order valence-electron chi connectivity index (χ0n) is 12.0. The van der Waals surface area contributed by atoms with Crippen LogP contribution in [0.5, 0.6) is 0 Å². The summed E-state index contributed by atoms with van der Waals surface area (Å²) in [7, 11) is -0.392. The molecule has 1 aromatic rings. The first-order chi connectivity index (χ1) is 9.67. The summed E-state index contributed by atoms with van der Waals surface area (Å²) in [4.78, 5) is 11.7. The fourth-order valence-electron chi connectivity index (χ4n) is 1.89. The molecule has 0 saturated carbocycles. The van der Waals surface area contributed by atoms with Crippen molar-refractivity contribution in [3.63, 3.8) is 0 Å². The Labute approximate surface area is 123 Å². The second kappa shape index (κ2) is 6.80. The van der Waals surface area contributed by atoms with E-state index in [9.17, 15) is 18.5 Å². The number of rotatable bonds is 7. The molecule has 0 saturated heterocycles. The lowest BCUT2D eigenvalue weighted by Gasteiger charge is -2.18. The molecular weight excluding hydrogens is 298 g/mol. The van der Waals surface area contributed by atoms with Crippen molar-refractivity contribution in [1.82, 2.24) is 9.62 Å². The number of likely N-dealkylation sites (N-methyl/N-ethyl adjacent to an activating group) is 1. The molecule has 0 bridgehead atoms. The van der Waals surface area contributed by atoms with Crippen molar-refractivity contribution in [2.24, 2.45) is 5.84 Å². The van der Waals surface area contributed by atoms with Crippen LogP contribution in [-0.4, -0.2) is 44.9 Å². The molecule has 0 fully saturated rings. The van der Waals surface area contributed by atoms with E-state index in [-0.39, 0.29) is 5.69 Å². The highest BCUT2D eigenvalue weighted by Gasteiger charge is 2.27. The SMILES string of the molecule is CC(CN(C)C)NS(=O)(=O)c1ccc(NN)cc1[N+](=O)[O-]. The fourth-order valence-corrected chi connectivity index (χ4v) is 3.28. The second-order valence-corrected chi connectivity index (χ2v) is 6.55. The molecule has 21 heavy (non-hydrogen) atoms. The van der Waals surface area contributed by atoms with E-state index in [1.807, 2.05) is 4.90 Å². The Morgan fingerprint density at radius 1 is 1.43 bits per heavy atom. The molecule has 118 valence electrons. The lowest BCUT2D eigenvalue weighted by molar-refractivity contribution is -0.387. The average molecular weight is 317 g/mol. The third-order valence-corrected chi connectivity index (χ3v) is 4.24. The predicted molar refractivity (Wildman–Crippen MR) is 79.2 cm³/mol. The fraction of sp³-hybridized carbons (Fsp3) is 0.455. The van der Waals surface area contributed by atoms with Gasteiger partial charge in [-0.3, -0.25) is 16.0 Å². The summed E-state index contributed by atoms with van der Waals surface area (Å²) in [5.41, 5.74) is 1.96. The van der Waals surface area contributed by atoms with Crippen LogP contribution in [0.3, 0.4) is 0 Å². The molecule has 0 amide bonds. The normalized spacial score (nSPS) is 13.2. The van der Waals surface area contributed by atoms with E-state index in [2.05, 4.69) is 10.1 Å². The molecule has 0 aliphatic carbocycles. The molecule has 9 nitrogen and oxygen atoms in total. The van der Waals surface area contributed by atoms with E-state index in [0.717, 1.165) is 12.1 Å². The summed E-state index contributed by atoms with van der Waals surface area (Å²) in [6.45, 7) is 2.15. The van der Waals surface area contributed by atoms with Gasteiger partial charge in [-0.05, 0) is 33.2 Å². The van der Waals surface area contributed by atoms with E-state index in [1.54, 1.807) is 21.0 Å². The van der Waals surface area contributed by atoms with E-state index >= 15 is 0 Å². The average Bonchev–Trinajstić information content (AvgIpc) is 2.36. The lowest BCUT2D eigenvalue weighted by atomic mass is 10.3. The van der Waals surface area contributed by atoms with Crippen molar-refractivity contribution in [3.8, 4) is 0 Å². The van der Waals surface area contributed by atoms with Gasteiger partial charge in [0.25, 0.3) is 5.69 Å². The maximum absolute atomic E-state index is 12.3. The minimum atomic E-state index is -3.99. The van der Waals surface area contributed by atoms with Gasteiger partial charge in [-0.15, -0.1) is 0 Å². The first-order valence-electron chi connectivity index (χ1n) is 6.09. The molecule has 0 heterocycles. The number of sulfonamides is 1. The number of nitro benzene ring substituents is 1. The van der Waals surface area contributed by atoms with Crippen LogP contribution in [-0.2, 0) is 10.0 Å². The van der Waals surface area contributed by atoms with Crippen LogP contribution in [0.25, 0.3) is 0 Å². The van der Waals surface area contributed by atoms with Crippen LogP contribution in [0.15, 0.2) is 23.1 Å². The Hall–Kier alpha value is -1.75. The molecule has 0 radical (unpaired) electrons. The lowest BCUT2D eigenvalue weighted by Crippen LogP contribution is -2.39. The maximum Gasteiger partial charge on any atom is 0.291 e. The molecule has 1 aromatic carbocycles. The predicted octanol–water partition coefficient (Wildman–Crippen LogP) is 0.109. The van der Waals surface area contributed by atoms with E-state index in [1.165, 1.54) is 6.07 Å². The van der Waals surface area contributed by atoms with Gasteiger partial charge < -0.3 is 10.3 Å². The minimum Gasteiger partial charge on any atom is -0.324 e. The third kappa shape index (κ3) is 4.63. The molecule has 0 aliphatic rings. The molecule has 1 atom stereocenters. The largest absolute Gasteiger partial charge is 0.324 e. The Morgan fingerprint density at radius 2 is 2.05 bits per heavy atom. The zero-order valence-corrected chi connectivity index (χ0v) is 12.8. The van der Waals surface area contributed by atoms with Gasteiger partial charge in [-0.25, -0.2) is 13.1 Å². The van der Waals surface area contributed by atoms with Crippen LogP contribution in [0, 0.1) is 10.1 Å². The van der Waals surface area contributed by atoms with E-state index < -0.39 is 31.6 Å². The topological polar surface area (TPSA) is 131 Å². The first-order valence-corrected chi connectivity index (χ1v) is 7.58. The van der Waals surface area contributed by atoms with E-state index in [0.29, 0.717) is 6.54 Å². The van der Waals surface area contributed by atoms with Gasteiger partial charge in [0, 0.05) is 18.7 Å². The molecule has 0 aliphatic heterocycles. The Balaban J connectivity index is 3.16. The Kier molecular flexibility index (Phi) is 5.61. The number of hydrogen-bond donors (Lipinski definition) is 3. The number of nitrogen functional groups attached to an aromatic ring is 1. The number of nitro groups is 1. The van der Waals surface area contributed by atoms with Crippen molar-refractivity contribution in [2.45, 2.75) is 17.9 Å². The number of anilines is 1. The van der Waals surface area contributed by atoms with Gasteiger partial charge >= 0.3 is 0 Å². The van der Waals surface area contributed by atoms with Crippen molar-refractivity contribution in [1.29, 1.82) is 0 Å². The third-order valence-electron chi connectivity index (χ3n) is 2.61. The van der Waals surface area contributed by atoms with Crippen molar-refractivity contribution in [3.05, 3.63) is 28.3 Å². The number of hydrogen-bond acceptors (Lipinski definition) is 7. The molecule has 4 N–H and O–H groups in total. The first kappa shape index (κ1) is 17.3. The molecule has 1 unspecified atom stereocenters. The van der Waals surface area contributed by atoms with Crippen LogP contribution in [0.4, 0.5) is 11.4 Å². The number of benzene rings is 1. The highest BCUT2D eigenvalue weighted by Crippen LogP contribution is 2.26. The molecule has 10 heteroatoms. The highest BCUT2D eigenvalue weighted by molar-refractivity contribution is 7.89. The Bertz CT molecular complexity index is 617. The monoisotopic (exact) mass is 317 g/mol. The highest BCUT2D eigenvalue weighted by atomic mass is 32.2. The summed E-state index contributed by atoms with van der Waals surface area (Å²) in [5.74, 6) is 5.17. The summed E-state index contributed by atoms with van der Waals surface area (Å²) >= 11 is 0. The van der Waals surface area contributed by atoms with Crippen LogP contribution in [0.1, 0.15) is 6.92 Å². The van der Waals surface area contributed by atoms with E-state index in [4.69, 9.17) is 5.84 Å². The van der Waals surface area contributed by atoms with Crippen LogP contribution >= 0.6 is 0 Å². The molecule has 0 aromatic heterocycles. The van der Waals surface area contributed by atoms with Crippen LogP contribution < -0.4 is 16.0 Å². The molecule has 1 rings (SSSR count). The van der Waals surface area contributed by atoms with Crippen molar-refractivity contribution >= 4 is 21.4 Å². The molecular formula is C11H19N5O4S. The molecule has 0 spiro atoms. The number of nitrogens with one attached hydrogen (secondary N) is 2. The minimum absolute atomic E-state index is 0.252. The van der Waals surface area contributed by atoms with Crippen molar-refractivity contribution in [2.75, 3.05) is 26.1 Å². The number of nitrogens with two attached hydrogens (primary N) is 1. The zero-order chi connectivity index (χ0) is 16.2. The summed E-state index contributed by atoms with van der Waals surface area (Å²) in [6.07, 6.45) is 0. The number of hydrazine groups is 1. The Morgan fingerprint density at radius 3 is 2.52 bits per heavy atom. The van der Waals surface area contributed by atoms with Gasteiger partial charge in [0.05, 0.1) is 10.6 Å². The van der Waals surface area contributed by atoms with Gasteiger partial charge in [0.1, 0.15) is 0 Å². The standard InChI is InChI=1S/C11H19N5O4S/c1-8(7-15(2)3)14-21(19,20)11-5-4-9(13-12)6-10(11)16(17)18/h4-6,8,13-14H,7,12H2,1-3H3. The van der Waals surface area contributed by atoms with Crippen molar-refractivity contribution < 1.29 is 13.3 Å². The summed E-state index contributed by atoms with van der Waals surface area (Å²) < 4.78 is 26.9. The quantitative estimate of drug-likeness (QED) is 0.369. The van der Waals surface area contributed by atoms with Gasteiger partial charge in [0.2, 0.25) is 10.0 Å². The van der Waals surface area contributed by atoms with Gasteiger partial charge in [0.15, 0.2) is 4.90 Å². The number of nitrogens with zero attached hydrogens (tertiary/aromatic N) is 2. The van der Waals surface area contributed by atoms with Gasteiger partial charge in [-0.1, -0.05) is 0 Å². The van der Waals surface area contributed by atoms with Crippen LogP contribution in [0.2, 0.25) is 0 Å². The smallest absolute Gasteiger partial charge is 0.291 e. The summed E-state index contributed by atoms with van der Waals surface area (Å²) in [6, 6.07) is 3.19. The second-order valence-electron chi connectivity index (χ2n) is 4.87. The van der Waals surface area contributed by atoms with Gasteiger partial charge in [-0.2, -0.15) is 0 Å². The summed E-state index contributed by atoms with van der Waals surface area (Å²) in [5, 5.41) is 11.0. The maximum atomic E-state index is 12.3.